The summed E-state index contributed by atoms with van der Waals surface area (Å²) >= 11 is 0. The van der Waals surface area contributed by atoms with Crippen LogP contribution in [0.15, 0.2) is 22.7 Å². The first-order valence-electron chi connectivity index (χ1n) is 9.02. The lowest BCUT2D eigenvalue weighted by Gasteiger charge is -2.20. The minimum Gasteiger partial charge on any atom is -0.339 e. The minimum absolute atomic E-state index is 0.0937. The van der Waals surface area contributed by atoms with Crippen molar-refractivity contribution in [2.45, 2.75) is 52.5 Å². The normalized spacial score (nSPS) is 15.7. The van der Waals surface area contributed by atoms with Gasteiger partial charge in [0.05, 0.1) is 12.5 Å². The number of hydrogen-bond acceptors (Lipinski definition) is 5. The highest BCUT2D eigenvalue weighted by Gasteiger charge is 2.33. The molecule has 2 aromatic rings. The third-order valence-corrected chi connectivity index (χ3v) is 4.58. The molecule has 1 N–H and O–H groups in total. The first-order chi connectivity index (χ1) is 12.5. The van der Waals surface area contributed by atoms with Crippen molar-refractivity contribution < 1.29 is 14.1 Å². The van der Waals surface area contributed by atoms with Crippen molar-refractivity contribution in [3.63, 3.8) is 0 Å². The van der Waals surface area contributed by atoms with Crippen LogP contribution in [0.1, 0.15) is 55.4 Å². The number of carbonyl (C=O) groups is 2. The van der Waals surface area contributed by atoms with E-state index in [4.69, 9.17) is 4.52 Å². The molecule has 0 unspecified atom stereocenters. The van der Waals surface area contributed by atoms with Crippen molar-refractivity contribution in [1.82, 2.24) is 15.0 Å². The maximum atomic E-state index is 12.8. The molecule has 0 aliphatic carbocycles. The molecular formula is C19H24N4O3. The Morgan fingerprint density at radius 3 is 2.88 bits per heavy atom. The van der Waals surface area contributed by atoms with E-state index in [9.17, 15) is 9.59 Å². The predicted octanol–water partition coefficient (Wildman–Crippen LogP) is 2.81. The molecule has 3 rings (SSSR count). The van der Waals surface area contributed by atoms with Gasteiger partial charge in [-0.15, -0.1) is 0 Å². The highest BCUT2D eigenvalue weighted by molar-refractivity contribution is 6.05. The minimum atomic E-state index is -0.452. The van der Waals surface area contributed by atoms with Gasteiger partial charge in [-0.2, -0.15) is 4.98 Å². The van der Waals surface area contributed by atoms with Gasteiger partial charge in [0.1, 0.15) is 0 Å². The Labute approximate surface area is 152 Å². The van der Waals surface area contributed by atoms with Gasteiger partial charge in [-0.3, -0.25) is 9.59 Å². The van der Waals surface area contributed by atoms with Gasteiger partial charge in [0.15, 0.2) is 5.82 Å². The van der Waals surface area contributed by atoms with Crippen molar-refractivity contribution in [3.05, 3.63) is 41.0 Å². The summed E-state index contributed by atoms with van der Waals surface area (Å²) < 4.78 is 5.18. The summed E-state index contributed by atoms with van der Waals surface area (Å²) in [5.74, 6) is 0.414. The Kier molecular flexibility index (Phi) is 5.35. The van der Waals surface area contributed by atoms with E-state index < -0.39 is 5.92 Å². The number of nitrogens with zero attached hydrogens (tertiary/aromatic N) is 3. The van der Waals surface area contributed by atoms with Crippen LogP contribution < -0.4 is 5.32 Å². The molecule has 0 fully saturated rings. The lowest BCUT2D eigenvalue weighted by atomic mass is 9.95. The largest absolute Gasteiger partial charge is 0.339 e. The van der Waals surface area contributed by atoms with Crippen LogP contribution >= 0.6 is 0 Å². The number of aromatic nitrogens is 2. The molecule has 7 heteroatoms. The lowest BCUT2D eigenvalue weighted by molar-refractivity contribution is -0.133. The molecule has 1 aromatic carbocycles. The summed E-state index contributed by atoms with van der Waals surface area (Å²) in [6, 6.07) is 5.81. The van der Waals surface area contributed by atoms with Crippen LogP contribution in [-0.4, -0.2) is 33.4 Å². The van der Waals surface area contributed by atoms with Crippen LogP contribution in [0.4, 0.5) is 5.69 Å². The Bertz CT molecular complexity index is 815. The Morgan fingerprint density at radius 1 is 1.35 bits per heavy atom. The maximum absolute atomic E-state index is 12.8. The third-order valence-electron chi connectivity index (χ3n) is 4.58. The molecule has 0 saturated carbocycles. The zero-order valence-electron chi connectivity index (χ0n) is 15.4. The van der Waals surface area contributed by atoms with Crippen molar-refractivity contribution in [2.75, 3.05) is 11.9 Å². The first kappa shape index (κ1) is 18.1. The second-order valence-corrected chi connectivity index (χ2v) is 6.60. The van der Waals surface area contributed by atoms with Crippen LogP contribution in [0.2, 0.25) is 0 Å². The van der Waals surface area contributed by atoms with Gasteiger partial charge in [0.2, 0.25) is 17.7 Å². The van der Waals surface area contributed by atoms with E-state index in [1.165, 1.54) is 0 Å². The number of benzene rings is 1. The molecule has 2 amide bonds. The van der Waals surface area contributed by atoms with Gasteiger partial charge in [-0.25, -0.2) is 0 Å². The molecule has 0 bridgehead atoms. The second-order valence-electron chi connectivity index (χ2n) is 6.60. The van der Waals surface area contributed by atoms with Crippen LogP contribution in [-0.2, 0) is 22.6 Å². The fraction of sp³-hybridized carbons (Fsp3) is 0.474. The van der Waals surface area contributed by atoms with Gasteiger partial charge in [-0.05, 0) is 31.9 Å². The highest BCUT2D eigenvalue weighted by Crippen LogP contribution is 2.35. The smallest absolute Gasteiger partial charge is 0.232 e. The summed E-state index contributed by atoms with van der Waals surface area (Å²) in [4.78, 5) is 31.0. The van der Waals surface area contributed by atoms with Crippen LogP contribution in [0.25, 0.3) is 0 Å². The summed E-state index contributed by atoms with van der Waals surface area (Å²) in [5.41, 5.74) is 2.76. The molecule has 1 aliphatic heterocycles. The number of anilines is 1. The standard InChI is InChI=1S/C19H24N4O3/c1-4-6-17-21-16(22-26-17)11-23(5-2)18(24)10-14-13-9-12(3)7-8-15(13)20-19(14)25/h7-9,14H,4-6,10-11H2,1-3H3,(H,20,25)/t14-/m1/s1. The average Bonchev–Trinajstić information content (AvgIpc) is 3.18. The van der Waals surface area contributed by atoms with Gasteiger partial charge >= 0.3 is 0 Å². The fourth-order valence-electron chi connectivity index (χ4n) is 3.17. The molecule has 138 valence electrons. The van der Waals surface area contributed by atoms with E-state index in [0.717, 1.165) is 29.7 Å². The van der Waals surface area contributed by atoms with E-state index in [2.05, 4.69) is 15.5 Å². The highest BCUT2D eigenvalue weighted by atomic mass is 16.5. The predicted molar refractivity (Wildman–Crippen MR) is 96.6 cm³/mol. The molecule has 0 radical (unpaired) electrons. The number of amides is 2. The fourth-order valence-corrected chi connectivity index (χ4v) is 3.17. The van der Waals surface area contributed by atoms with Gasteiger partial charge in [-0.1, -0.05) is 29.8 Å². The van der Waals surface area contributed by atoms with E-state index >= 15 is 0 Å². The monoisotopic (exact) mass is 356 g/mol. The van der Waals surface area contributed by atoms with Gasteiger partial charge < -0.3 is 14.7 Å². The number of aryl methyl sites for hydroxylation is 2. The van der Waals surface area contributed by atoms with Crippen LogP contribution in [0.5, 0.6) is 0 Å². The first-order valence-corrected chi connectivity index (χ1v) is 9.02. The number of fused-ring (bicyclic) bond motifs is 1. The summed E-state index contributed by atoms with van der Waals surface area (Å²) in [5, 5.41) is 6.79. The summed E-state index contributed by atoms with van der Waals surface area (Å²) in [7, 11) is 0. The average molecular weight is 356 g/mol. The molecule has 0 spiro atoms. The van der Waals surface area contributed by atoms with Gasteiger partial charge in [0.25, 0.3) is 0 Å². The van der Waals surface area contributed by atoms with Crippen molar-refractivity contribution >= 4 is 17.5 Å². The van der Waals surface area contributed by atoms with Crippen LogP contribution in [0, 0.1) is 6.92 Å². The Balaban J connectivity index is 1.69. The quantitative estimate of drug-likeness (QED) is 0.824. The van der Waals surface area contributed by atoms with E-state index in [0.29, 0.717) is 18.3 Å². The van der Waals surface area contributed by atoms with Gasteiger partial charge in [0, 0.05) is 25.1 Å². The third kappa shape index (κ3) is 3.76. The molecule has 1 aliphatic rings. The topological polar surface area (TPSA) is 88.3 Å². The molecule has 1 atom stereocenters. The SMILES string of the molecule is CCCc1nc(CN(CC)C(=O)C[C@H]2C(=O)Nc3ccc(C)cc32)no1. The number of rotatable bonds is 7. The van der Waals surface area contributed by atoms with Crippen molar-refractivity contribution in [1.29, 1.82) is 0 Å². The number of carbonyl (C=O) groups excluding carboxylic acids is 2. The maximum Gasteiger partial charge on any atom is 0.232 e. The summed E-state index contributed by atoms with van der Waals surface area (Å²) in [6.45, 7) is 6.73. The summed E-state index contributed by atoms with van der Waals surface area (Å²) in [6.07, 6.45) is 1.79. The van der Waals surface area contributed by atoms with Crippen molar-refractivity contribution in [2.24, 2.45) is 0 Å². The zero-order valence-corrected chi connectivity index (χ0v) is 15.4. The Hall–Kier alpha value is -2.70. The number of nitrogens with one attached hydrogen (secondary N) is 1. The molecule has 1 aromatic heterocycles. The zero-order chi connectivity index (χ0) is 18.7. The van der Waals surface area contributed by atoms with E-state index in [-0.39, 0.29) is 24.8 Å². The molecule has 7 nitrogen and oxygen atoms in total. The molecule has 26 heavy (non-hydrogen) atoms. The molecule has 2 heterocycles. The molecular weight excluding hydrogens is 332 g/mol. The Morgan fingerprint density at radius 2 is 2.15 bits per heavy atom. The second kappa shape index (κ2) is 7.68. The van der Waals surface area contributed by atoms with E-state index in [1.54, 1.807) is 4.90 Å². The van der Waals surface area contributed by atoms with Crippen molar-refractivity contribution in [3.8, 4) is 0 Å². The lowest BCUT2D eigenvalue weighted by Crippen LogP contribution is -2.32. The van der Waals surface area contributed by atoms with E-state index in [1.807, 2.05) is 39.0 Å². The molecule has 0 saturated heterocycles. The van der Waals surface area contributed by atoms with Crippen LogP contribution in [0.3, 0.4) is 0 Å². The number of hydrogen-bond donors (Lipinski definition) is 1.